The van der Waals surface area contributed by atoms with Crippen LogP contribution in [0.25, 0.3) is 11.1 Å². The summed E-state index contributed by atoms with van der Waals surface area (Å²) >= 11 is 0. The Kier molecular flexibility index (Phi) is 4.01. The zero-order chi connectivity index (χ0) is 15.6. The average Bonchev–Trinajstić information content (AvgIpc) is 2.54. The van der Waals surface area contributed by atoms with E-state index < -0.39 is 13.3 Å². The normalized spacial score (nSPS) is 18.8. The molecular weight excluding hydrogens is 301 g/mol. The van der Waals surface area contributed by atoms with Crippen molar-refractivity contribution in [2.45, 2.75) is 6.42 Å². The lowest BCUT2D eigenvalue weighted by Crippen LogP contribution is -2.22. The topological polar surface area (TPSA) is 64.6 Å². The molecule has 1 unspecified atom stereocenters. The maximum absolute atomic E-state index is 13.3. The lowest BCUT2D eigenvalue weighted by atomic mass is 10.0. The summed E-state index contributed by atoms with van der Waals surface area (Å²) in [4.78, 5) is 16.2. The summed E-state index contributed by atoms with van der Waals surface area (Å²) in [5, 5.41) is 0.658. The largest absolute Gasteiger partial charge is 0.439 e. The van der Waals surface area contributed by atoms with Crippen LogP contribution >= 0.6 is 7.37 Å². The fraction of sp³-hybridized carbons (Fsp3) is 0.188. The van der Waals surface area contributed by atoms with Crippen LogP contribution in [0.4, 0.5) is 0 Å². The Balaban J connectivity index is 1.97. The van der Waals surface area contributed by atoms with E-state index in [1.165, 1.54) is 7.05 Å². The van der Waals surface area contributed by atoms with Crippen molar-refractivity contribution in [3.63, 3.8) is 0 Å². The Morgan fingerprint density at radius 3 is 2.59 bits per heavy atom. The molecule has 5 nitrogen and oxygen atoms in total. The summed E-state index contributed by atoms with van der Waals surface area (Å²) in [7, 11) is -1.64. The third-order valence-corrected chi connectivity index (χ3v) is 5.95. The van der Waals surface area contributed by atoms with Gasteiger partial charge in [-0.3, -0.25) is 9.36 Å². The van der Waals surface area contributed by atoms with Crippen molar-refractivity contribution in [2.75, 3.05) is 13.2 Å². The lowest BCUT2D eigenvalue weighted by Gasteiger charge is -2.28. The van der Waals surface area contributed by atoms with E-state index in [9.17, 15) is 9.36 Å². The van der Waals surface area contributed by atoms with Gasteiger partial charge in [0.2, 0.25) is 0 Å². The fourth-order valence-electron chi connectivity index (χ4n) is 2.54. The van der Waals surface area contributed by atoms with Crippen molar-refractivity contribution in [1.82, 2.24) is 5.48 Å². The van der Waals surface area contributed by atoms with Gasteiger partial charge in [-0.25, -0.2) is 0 Å². The van der Waals surface area contributed by atoms with Gasteiger partial charge < -0.3 is 9.36 Å². The predicted octanol–water partition coefficient (Wildman–Crippen LogP) is 2.72. The van der Waals surface area contributed by atoms with Crippen molar-refractivity contribution in [3.05, 3.63) is 48.5 Å². The smallest absolute Gasteiger partial charge is 0.325 e. The molecule has 0 spiro atoms. The van der Waals surface area contributed by atoms with Gasteiger partial charge in [-0.2, -0.15) is 5.48 Å². The van der Waals surface area contributed by atoms with Crippen LogP contribution in [0.2, 0.25) is 0 Å². The third-order valence-electron chi connectivity index (χ3n) is 3.52. The molecule has 1 aliphatic rings. The fourth-order valence-corrected chi connectivity index (χ4v) is 4.80. The maximum Gasteiger partial charge on any atom is 0.325 e. The number of hydrogen-bond acceptors (Lipinski definition) is 5. The van der Waals surface area contributed by atoms with Crippen LogP contribution in [-0.4, -0.2) is 19.2 Å². The lowest BCUT2D eigenvalue weighted by molar-refractivity contribution is -0.149. The first kappa shape index (κ1) is 14.8. The van der Waals surface area contributed by atoms with Crippen LogP contribution in [-0.2, 0) is 14.2 Å². The summed E-state index contributed by atoms with van der Waals surface area (Å²) in [5.41, 5.74) is 4.14. The number of carbonyl (C=O) groups is 1. The second-order valence-electron chi connectivity index (χ2n) is 4.93. The molecule has 0 aromatic heterocycles. The summed E-state index contributed by atoms with van der Waals surface area (Å²) in [5.74, 6) is 0.129. The molecule has 0 radical (unpaired) electrons. The van der Waals surface area contributed by atoms with E-state index in [-0.39, 0.29) is 12.6 Å². The number of carbonyl (C=O) groups excluding carboxylic acids is 1. The van der Waals surface area contributed by atoms with Gasteiger partial charge in [0.05, 0.1) is 11.7 Å². The van der Waals surface area contributed by atoms with Crippen molar-refractivity contribution in [3.8, 4) is 16.9 Å². The molecule has 2 aromatic rings. The molecule has 0 fully saturated rings. The van der Waals surface area contributed by atoms with Crippen LogP contribution in [0.5, 0.6) is 5.75 Å². The Bertz CT molecular complexity index is 759. The molecule has 22 heavy (non-hydrogen) atoms. The van der Waals surface area contributed by atoms with E-state index in [0.29, 0.717) is 11.1 Å². The highest BCUT2D eigenvalue weighted by Gasteiger charge is 2.36. The van der Waals surface area contributed by atoms with Gasteiger partial charge in [0, 0.05) is 18.8 Å². The zero-order valence-corrected chi connectivity index (χ0v) is 13.0. The molecule has 0 aliphatic carbocycles. The summed E-state index contributed by atoms with van der Waals surface area (Å²) < 4.78 is 19.1. The quantitative estimate of drug-likeness (QED) is 0.694. The Hall–Kier alpha value is -2.10. The molecule has 3 rings (SSSR count). The molecule has 0 amide bonds. The Morgan fingerprint density at radius 1 is 1.14 bits per heavy atom. The van der Waals surface area contributed by atoms with Crippen LogP contribution < -0.4 is 15.3 Å². The second kappa shape index (κ2) is 5.95. The minimum Gasteiger partial charge on any atom is -0.439 e. The van der Waals surface area contributed by atoms with E-state index in [1.54, 1.807) is 12.1 Å². The summed E-state index contributed by atoms with van der Waals surface area (Å²) in [6.45, 7) is 0. The average molecular weight is 317 g/mol. The number of hydrogen-bond donors (Lipinski definition) is 1. The molecule has 6 heteroatoms. The predicted molar refractivity (Wildman–Crippen MR) is 84.4 cm³/mol. The third kappa shape index (κ3) is 2.65. The van der Waals surface area contributed by atoms with E-state index in [4.69, 9.17) is 4.52 Å². The molecule has 2 aromatic carbocycles. The first-order valence-electron chi connectivity index (χ1n) is 6.98. The number of rotatable bonds is 4. The van der Waals surface area contributed by atoms with E-state index in [0.717, 1.165) is 11.1 Å². The Labute approximate surface area is 128 Å². The standard InChI is InChI=1S/C16H16NO4P/c1-17-20-16(18)10-11-22(19)15-9-5-3-7-13(15)12-6-2-4-8-14(12)21-22/h2-9,17H,10-11H2,1H3. The van der Waals surface area contributed by atoms with Gasteiger partial charge >= 0.3 is 5.97 Å². The van der Waals surface area contributed by atoms with E-state index >= 15 is 0 Å². The molecule has 0 saturated heterocycles. The van der Waals surface area contributed by atoms with Gasteiger partial charge in [0.15, 0.2) is 0 Å². The molecule has 114 valence electrons. The molecule has 1 atom stereocenters. The van der Waals surface area contributed by atoms with Crippen LogP contribution in [0.15, 0.2) is 48.5 Å². The maximum atomic E-state index is 13.3. The SMILES string of the molecule is CNOC(=O)CCP1(=O)Oc2ccccc2-c2ccccc21. The van der Waals surface area contributed by atoms with Crippen LogP contribution in [0.1, 0.15) is 6.42 Å². The number of fused-ring (bicyclic) bond motifs is 3. The van der Waals surface area contributed by atoms with E-state index in [2.05, 4.69) is 10.3 Å². The minimum absolute atomic E-state index is 0.0224. The minimum atomic E-state index is -3.14. The first-order chi connectivity index (χ1) is 10.6. The van der Waals surface area contributed by atoms with Gasteiger partial charge in [-0.1, -0.05) is 36.4 Å². The molecule has 1 N–H and O–H groups in total. The highest BCUT2D eigenvalue weighted by molar-refractivity contribution is 7.67. The van der Waals surface area contributed by atoms with Gasteiger partial charge in [0.1, 0.15) is 5.75 Å². The van der Waals surface area contributed by atoms with Crippen molar-refractivity contribution < 1.29 is 18.7 Å². The number of para-hydroxylation sites is 1. The number of benzene rings is 2. The van der Waals surface area contributed by atoms with Gasteiger partial charge in [-0.15, -0.1) is 0 Å². The zero-order valence-electron chi connectivity index (χ0n) is 12.1. The van der Waals surface area contributed by atoms with Crippen LogP contribution in [0, 0.1) is 0 Å². The number of nitrogens with one attached hydrogen (secondary N) is 1. The molecule has 1 aliphatic heterocycles. The summed E-state index contributed by atoms with van der Waals surface area (Å²) in [6, 6.07) is 14.9. The van der Waals surface area contributed by atoms with Gasteiger partial charge in [0.25, 0.3) is 7.37 Å². The molecule has 1 heterocycles. The van der Waals surface area contributed by atoms with Gasteiger partial charge in [-0.05, 0) is 17.7 Å². The first-order valence-corrected chi connectivity index (χ1v) is 8.79. The van der Waals surface area contributed by atoms with Crippen molar-refractivity contribution in [1.29, 1.82) is 0 Å². The molecular formula is C16H16NO4P. The van der Waals surface area contributed by atoms with Crippen molar-refractivity contribution >= 4 is 18.6 Å². The van der Waals surface area contributed by atoms with Crippen LogP contribution in [0.3, 0.4) is 0 Å². The monoisotopic (exact) mass is 317 g/mol. The number of hydroxylamine groups is 1. The summed E-state index contributed by atoms with van der Waals surface area (Å²) in [6.07, 6.45) is 0.132. The highest BCUT2D eigenvalue weighted by atomic mass is 31.2. The molecule has 0 saturated carbocycles. The second-order valence-corrected chi connectivity index (χ2v) is 7.39. The molecule has 0 bridgehead atoms. The highest BCUT2D eigenvalue weighted by Crippen LogP contribution is 2.54. The van der Waals surface area contributed by atoms with E-state index in [1.807, 2.05) is 36.4 Å². The van der Waals surface area contributed by atoms with Crippen molar-refractivity contribution in [2.24, 2.45) is 0 Å². The Morgan fingerprint density at radius 2 is 1.82 bits per heavy atom.